The second kappa shape index (κ2) is 7.94. The minimum absolute atomic E-state index is 0.184. The molecule has 0 fully saturated rings. The predicted molar refractivity (Wildman–Crippen MR) is 111 cm³/mol. The number of H-pyrrole nitrogens is 1. The fourth-order valence-electron chi connectivity index (χ4n) is 3.45. The van der Waals surface area contributed by atoms with E-state index in [0.717, 1.165) is 46.3 Å². The van der Waals surface area contributed by atoms with Crippen molar-refractivity contribution in [1.29, 1.82) is 0 Å². The molecule has 1 aromatic carbocycles. The van der Waals surface area contributed by atoms with Crippen LogP contribution in [0.15, 0.2) is 39.1 Å². The quantitative estimate of drug-likeness (QED) is 0.662. The first-order valence-corrected chi connectivity index (χ1v) is 10.4. The summed E-state index contributed by atoms with van der Waals surface area (Å²) in [4.78, 5) is 24.0. The number of aromatic amines is 1. The summed E-state index contributed by atoms with van der Waals surface area (Å²) in [6.45, 7) is 6.97. The second-order valence-corrected chi connectivity index (χ2v) is 8.17. The first kappa shape index (κ1) is 19.6. The van der Waals surface area contributed by atoms with Gasteiger partial charge in [-0.25, -0.2) is 19.5 Å². The molecule has 2 aromatic heterocycles. The molecular weight excluding hydrogens is 389 g/mol. The largest absolute Gasteiger partial charge is 0.364 e. The third-order valence-corrected chi connectivity index (χ3v) is 6.18. The number of rotatable bonds is 4. The lowest BCUT2D eigenvalue weighted by Gasteiger charge is -2.31. The van der Waals surface area contributed by atoms with Crippen LogP contribution in [0.25, 0.3) is 0 Å². The monoisotopic (exact) mass is 411 g/mol. The van der Waals surface area contributed by atoms with E-state index < -0.39 is 0 Å². The Balaban J connectivity index is 1.70. The number of benzene rings is 1. The molecule has 4 rings (SSSR count). The molecule has 0 aliphatic carbocycles. The van der Waals surface area contributed by atoms with Crippen LogP contribution in [-0.2, 0) is 19.4 Å². The van der Waals surface area contributed by atoms with Crippen LogP contribution in [0.5, 0.6) is 0 Å². The summed E-state index contributed by atoms with van der Waals surface area (Å²) >= 11 is 1.36. The molecule has 1 aliphatic rings. The highest BCUT2D eigenvalue weighted by Gasteiger charge is 2.25. The molecule has 3 heterocycles. The van der Waals surface area contributed by atoms with Crippen molar-refractivity contribution in [3.05, 3.63) is 68.8 Å². The van der Waals surface area contributed by atoms with Crippen LogP contribution in [0.1, 0.15) is 35.1 Å². The Morgan fingerprint density at radius 3 is 2.86 bits per heavy atom. The molecule has 0 amide bonds. The zero-order chi connectivity index (χ0) is 20.5. The van der Waals surface area contributed by atoms with Gasteiger partial charge in [-0.05, 0) is 38.0 Å². The number of fused-ring (bicyclic) bond motifs is 1. The summed E-state index contributed by atoms with van der Waals surface area (Å²) in [7, 11) is 0. The summed E-state index contributed by atoms with van der Waals surface area (Å²) in [5.41, 5.74) is 4.15. The summed E-state index contributed by atoms with van der Waals surface area (Å²) in [6.07, 6.45) is 3.10. The molecule has 1 N–H and O–H groups in total. The van der Waals surface area contributed by atoms with Gasteiger partial charge in [0.2, 0.25) is 0 Å². The third kappa shape index (κ3) is 3.89. The molecule has 6 nitrogen and oxygen atoms in total. The highest BCUT2D eigenvalue weighted by atomic mass is 32.2. The van der Waals surface area contributed by atoms with Gasteiger partial charge in [0.25, 0.3) is 5.56 Å². The topological polar surface area (TPSA) is 74.8 Å². The van der Waals surface area contributed by atoms with Gasteiger partial charge in [-0.15, -0.1) is 0 Å². The maximum atomic E-state index is 14.4. The molecule has 150 valence electrons. The molecule has 3 aromatic rings. The van der Waals surface area contributed by atoms with Crippen molar-refractivity contribution in [2.45, 2.75) is 50.1 Å². The Bertz CT molecular complexity index is 1130. The smallest absolute Gasteiger partial charge is 0.269 e. The van der Waals surface area contributed by atoms with Gasteiger partial charge in [-0.3, -0.25) is 4.79 Å². The molecule has 0 saturated heterocycles. The Hall–Kier alpha value is -2.74. The van der Waals surface area contributed by atoms with Crippen molar-refractivity contribution in [2.24, 2.45) is 0 Å². The van der Waals surface area contributed by atoms with Crippen molar-refractivity contribution in [1.82, 2.24) is 20.2 Å². The average molecular weight is 412 g/mol. The van der Waals surface area contributed by atoms with Gasteiger partial charge in [-0.2, -0.15) is 5.10 Å². The second-order valence-electron chi connectivity index (χ2n) is 7.14. The van der Waals surface area contributed by atoms with Crippen LogP contribution in [-0.4, -0.2) is 26.7 Å². The Labute approximate surface area is 172 Å². The van der Waals surface area contributed by atoms with Gasteiger partial charge < -0.3 is 4.90 Å². The maximum Gasteiger partial charge on any atom is 0.269 e. The number of aromatic nitrogens is 4. The van der Waals surface area contributed by atoms with E-state index in [0.29, 0.717) is 23.4 Å². The fraction of sp³-hybridized carbons (Fsp3) is 0.333. The van der Waals surface area contributed by atoms with Crippen molar-refractivity contribution < 1.29 is 4.39 Å². The first-order chi connectivity index (χ1) is 14.0. The zero-order valence-corrected chi connectivity index (χ0v) is 17.4. The molecular formula is C21H22FN5OS. The van der Waals surface area contributed by atoms with Crippen LogP contribution in [0.2, 0.25) is 0 Å². The van der Waals surface area contributed by atoms with E-state index in [2.05, 4.69) is 15.1 Å². The Kier molecular flexibility index (Phi) is 5.36. The lowest BCUT2D eigenvalue weighted by molar-refractivity contribution is 0.600. The highest BCUT2D eigenvalue weighted by molar-refractivity contribution is 7.99. The predicted octanol–water partition coefficient (Wildman–Crippen LogP) is 3.59. The highest BCUT2D eigenvalue weighted by Crippen LogP contribution is 2.35. The van der Waals surface area contributed by atoms with Gasteiger partial charge in [-0.1, -0.05) is 24.8 Å². The molecule has 0 radical (unpaired) electrons. The molecule has 8 heteroatoms. The van der Waals surface area contributed by atoms with Crippen LogP contribution in [0.3, 0.4) is 0 Å². The first-order valence-electron chi connectivity index (χ1n) is 9.58. The van der Waals surface area contributed by atoms with E-state index in [-0.39, 0.29) is 11.4 Å². The standard InChI is InChI=1S/C21H22FN5OS/c1-4-19-24-16-11-27(17-10-23-26-20(28)13(17)3)8-7-14(16)21(25-19)29-18-6-5-12(2)9-15(18)22/h5-6,9-10H,4,7-8,11H2,1-3H3,(H,26,28). The molecule has 0 saturated carbocycles. The van der Waals surface area contributed by atoms with Gasteiger partial charge in [0.15, 0.2) is 0 Å². The number of halogens is 1. The molecule has 0 unspecified atom stereocenters. The molecule has 0 atom stereocenters. The SMILES string of the molecule is CCc1nc2c(c(Sc3ccc(C)cc3F)n1)CCN(c1cn[nH]c(=O)c1C)C2. The lowest BCUT2D eigenvalue weighted by Crippen LogP contribution is -2.34. The van der Waals surface area contributed by atoms with E-state index in [1.807, 2.05) is 19.9 Å². The van der Waals surface area contributed by atoms with E-state index in [4.69, 9.17) is 9.97 Å². The molecule has 0 bridgehead atoms. The normalized spacial score (nSPS) is 13.4. The van der Waals surface area contributed by atoms with Crippen LogP contribution >= 0.6 is 11.8 Å². The number of nitrogens with zero attached hydrogens (tertiary/aromatic N) is 4. The van der Waals surface area contributed by atoms with Crippen LogP contribution in [0, 0.1) is 19.7 Å². The number of anilines is 1. The van der Waals surface area contributed by atoms with E-state index >= 15 is 0 Å². The summed E-state index contributed by atoms with van der Waals surface area (Å²) in [6, 6.07) is 5.25. The van der Waals surface area contributed by atoms with Crippen LogP contribution < -0.4 is 10.5 Å². The van der Waals surface area contributed by atoms with Gasteiger partial charge in [0, 0.05) is 29.0 Å². The number of nitrogens with one attached hydrogen (secondary N) is 1. The number of aryl methyl sites for hydroxylation is 2. The molecule has 1 aliphatic heterocycles. The van der Waals surface area contributed by atoms with Crippen molar-refractivity contribution in [2.75, 3.05) is 11.4 Å². The Morgan fingerprint density at radius 1 is 1.28 bits per heavy atom. The minimum Gasteiger partial charge on any atom is -0.364 e. The molecule has 0 spiro atoms. The maximum absolute atomic E-state index is 14.4. The van der Waals surface area contributed by atoms with E-state index in [9.17, 15) is 9.18 Å². The van der Waals surface area contributed by atoms with Gasteiger partial charge >= 0.3 is 0 Å². The van der Waals surface area contributed by atoms with Crippen LogP contribution in [0.4, 0.5) is 10.1 Å². The number of hydrogen-bond donors (Lipinski definition) is 1. The van der Waals surface area contributed by atoms with Gasteiger partial charge in [0.1, 0.15) is 16.7 Å². The fourth-order valence-corrected chi connectivity index (χ4v) is 4.45. The minimum atomic E-state index is -0.233. The summed E-state index contributed by atoms with van der Waals surface area (Å²) < 4.78 is 14.4. The van der Waals surface area contributed by atoms with Gasteiger partial charge in [0.05, 0.1) is 24.1 Å². The Morgan fingerprint density at radius 2 is 2.10 bits per heavy atom. The van der Waals surface area contributed by atoms with Crippen molar-refractivity contribution in [3.8, 4) is 0 Å². The summed E-state index contributed by atoms with van der Waals surface area (Å²) in [5, 5.41) is 7.22. The van der Waals surface area contributed by atoms with E-state index in [1.54, 1.807) is 25.3 Å². The van der Waals surface area contributed by atoms with E-state index in [1.165, 1.54) is 11.8 Å². The lowest BCUT2D eigenvalue weighted by atomic mass is 10.1. The average Bonchev–Trinajstić information content (AvgIpc) is 2.71. The third-order valence-electron chi connectivity index (χ3n) is 5.10. The number of hydrogen-bond acceptors (Lipinski definition) is 6. The summed E-state index contributed by atoms with van der Waals surface area (Å²) in [5.74, 6) is 0.504. The van der Waals surface area contributed by atoms with Crippen molar-refractivity contribution in [3.63, 3.8) is 0 Å². The molecule has 29 heavy (non-hydrogen) atoms. The zero-order valence-electron chi connectivity index (χ0n) is 16.6. The van der Waals surface area contributed by atoms with Crippen molar-refractivity contribution >= 4 is 17.4 Å².